The Balaban J connectivity index is 1.75. The molecule has 1 unspecified atom stereocenters. The van der Waals surface area contributed by atoms with E-state index in [0.29, 0.717) is 17.8 Å². The Hall–Kier alpha value is -2.54. The summed E-state index contributed by atoms with van der Waals surface area (Å²) in [6.07, 6.45) is 6.31. The Morgan fingerprint density at radius 2 is 1.83 bits per heavy atom. The number of carbonyl (C=O) groups excluding carboxylic acids is 1. The van der Waals surface area contributed by atoms with Crippen LogP contribution in [-0.2, 0) is 14.8 Å². The van der Waals surface area contributed by atoms with E-state index in [2.05, 4.69) is 5.32 Å². The number of anilines is 2. The van der Waals surface area contributed by atoms with E-state index >= 15 is 0 Å². The summed E-state index contributed by atoms with van der Waals surface area (Å²) in [4.78, 5) is 13.0. The number of carbonyl (C=O) groups is 1. The lowest BCUT2D eigenvalue weighted by Crippen LogP contribution is -2.47. The van der Waals surface area contributed by atoms with E-state index in [1.807, 2.05) is 25.1 Å². The Morgan fingerprint density at radius 3 is 2.40 bits per heavy atom. The second-order valence-corrected chi connectivity index (χ2v) is 9.72. The molecule has 0 saturated heterocycles. The summed E-state index contributed by atoms with van der Waals surface area (Å²) < 4.78 is 32.2. The normalized spacial score (nSPS) is 15.6. The molecule has 7 heteroatoms. The highest BCUT2D eigenvalue weighted by atomic mass is 32.2. The fourth-order valence-electron chi connectivity index (χ4n) is 3.87. The predicted molar refractivity (Wildman–Crippen MR) is 121 cm³/mol. The molecule has 2 aromatic carbocycles. The summed E-state index contributed by atoms with van der Waals surface area (Å²) >= 11 is 0. The smallest absolute Gasteiger partial charge is 0.248 e. The van der Waals surface area contributed by atoms with Crippen molar-refractivity contribution in [2.24, 2.45) is 0 Å². The molecule has 0 heterocycles. The van der Waals surface area contributed by atoms with Crippen LogP contribution >= 0.6 is 0 Å². The third-order valence-corrected chi connectivity index (χ3v) is 6.49. The molecule has 1 aliphatic carbocycles. The van der Waals surface area contributed by atoms with Gasteiger partial charge in [-0.3, -0.25) is 9.10 Å². The summed E-state index contributed by atoms with van der Waals surface area (Å²) in [6.45, 7) is 3.69. The van der Waals surface area contributed by atoms with Crippen LogP contribution in [-0.4, -0.2) is 32.7 Å². The zero-order valence-corrected chi connectivity index (χ0v) is 18.6. The lowest BCUT2D eigenvalue weighted by molar-refractivity contribution is -0.117. The molecule has 6 nitrogen and oxygen atoms in total. The molecule has 0 bridgehead atoms. The average molecular weight is 431 g/mol. The van der Waals surface area contributed by atoms with Gasteiger partial charge in [0.25, 0.3) is 0 Å². The van der Waals surface area contributed by atoms with Gasteiger partial charge in [0.1, 0.15) is 11.8 Å². The minimum Gasteiger partial charge on any atom is -0.490 e. The number of ether oxygens (including phenoxy) is 1. The maximum absolute atomic E-state index is 13.0. The number of hydrogen-bond donors (Lipinski definition) is 1. The number of nitrogens with one attached hydrogen (secondary N) is 1. The first-order valence-electron chi connectivity index (χ1n) is 10.4. The van der Waals surface area contributed by atoms with Gasteiger partial charge < -0.3 is 10.1 Å². The molecule has 1 fully saturated rings. The summed E-state index contributed by atoms with van der Waals surface area (Å²) in [6, 6.07) is 13.5. The molecule has 0 radical (unpaired) electrons. The van der Waals surface area contributed by atoms with Gasteiger partial charge in [-0.15, -0.1) is 0 Å². The SMILES string of the molecule is CCC(C(=O)Nc1ccc(OC2CCCC2)cc1)N(c1cccc(C)c1)S(C)(=O)=O. The number of benzene rings is 2. The van der Waals surface area contributed by atoms with Crippen molar-refractivity contribution >= 4 is 27.3 Å². The van der Waals surface area contributed by atoms with Crippen molar-refractivity contribution < 1.29 is 17.9 Å². The molecule has 1 amide bonds. The molecule has 2 aromatic rings. The fourth-order valence-corrected chi connectivity index (χ4v) is 5.07. The second-order valence-electron chi connectivity index (χ2n) is 7.86. The molecule has 0 spiro atoms. The zero-order valence-electron chi connectivity index (χ0n) is 17.8. The van der Waals surface area contributed by atoms with Crippen molar-refractivity contribution in [3.8, 4) is 5.75 Å². The number of hydrogen-bond acceptors (Lipinski definition) is 4. The van der Waals surface area contributed by atoms with Crippen molar-refractivity contribution in [1.82, 2.24) is 0 Å². The molecular formula is C23H30N2O4S. The molecule has 1 atom stereocenters. The van der Waals surface area contributed by atoms with E-state index in [0.717, 1.165) is 30.4 Å². The van der Waals surface area contributed by atoms with Crippen LogP contribution in [0, 0.1) is 6.92 Å². The van der Waals surface area contributed by atoms with E-state index in [1.54, 1.807) is 37.3 Å². The fraction of sp³-hybridized carbons (Fsp3) is 0.435. The highest BCUT2D eigenvalue weighted by molar-refractivity contribution is 7.92. The predicted octanol–water partition coefficient (Wildman–Crippen LogP) is 4.50. The van der Waals surface area contributed by atoms with E-state index in [9.17, 15) is 13.2 Å². The largest absolute Gasteiger partial charge is 0.490 e. The van der Waals surface area contributed by atoms with Crippen LogP contribution in [0.4, 0.5) is 11.4 Å². The van der Waals surface area contributed by atoms with Crippen LogP contribution in [0.1, 0.15) is 44.6 Å². The Morgan fingerprint density at radius 1 is 1.17 bits per heavy atom. The van der Waals surface area contributed by atoms with Gasteiger partial charge >= 0.3 is 0 Å². The van der Waals surface area contributed by atoms with Crippen LogP contribution in [0.5, 0.6) is 5.75 Å². The summed E-state index contributed by atoms with van der Waals surface area (Å²) in [7, 11) is -3.65. The topological polar surface area (TPSA) is 75.7 Å². The first-order chi connectivity index (χ1) is 14.3. The number of sulfonamides is 1. The number of amides is 1. The third-order valence-electron chi connectivity index (χ3n) is 5.31. The Kier molecular flexibility index (Phi) is 7.02. The van der Waals surface area contributed by atoms with Crippen molar-refractivity contribution in [2.45, 2.75) is 58.1 Å². The molecule has 1 N–H and O–H groups in total. The van der Waals surface area contributed by atoms with Gasteiger partial charge in [0.05, 0.1) is 18.0 Å². The summed E-state index contributed by atoms with van der Waals surface area (Å²) in [5.41, 5.74) is 2.02. The molecule has 3 rings (SSSR count). The monoisotopic (exact) mass is 430 g/mol. The van der Waals surface area contributed by atoms with E-state index < -0.39 is 16.1 Å². The summed E-state index contributed by atoms with van der Waals surface area (Å²) in [5.74, 6) is 0.415. The molecule has 30 heavy (non-hydrogen) atoms. The highest BCUT2D eigenvalue weighted by Gasteiger charge is 2.31. The van der Waals surface area contributed by atoms with Crippen molar-refractivity contribution in [2.75, 3.05) is 15.9 Å². The Labute approximate surface area is 179 Å². The van der Waals surface area contributed by atoms with Crippen molar-refractivity contribution in [1.29, 1.82) is 0 Å². The van der Waals surface area contributed by atoms with Crippen LogP contribution in [0.25, 0.3) is 0 Å². The Bertz CT molecular complexity index is 967. The van der Waals surface area contributed by atoms with Gasteiger partial charge in [-0.25, -0.2) is 8.42 Å². The van der Waals surface area contributed by atoms with Gasteiger partial charge in [0.15, 0.2) is 0 Å². The standard InChI is InChI=1S/C23H30N2O4S/c1-4-22(25(30(3,27)28)19-9-7-8-17(2)16-19)23(26)24-18-12-14-21(15-13-18)29-20-10-5-6-11-20/h7-9,12-16,20,22H,4-6,10-11H2,1-3H3,(H,24,26). The molecular weight excluding hydrogens is 400 g/mol. The maximum Gasteiger partial charge on any atom is 0.248 e. The van der Waals surface area contributed by atoms with Gasteiger partial charge in [-0.1, -0.05) is 19.1 Å². The van der Waals surface area contributed by atoms with E-state index in [1.165, 1.54) is 17.1 Å². The minimum absolute atomic E-state index is 0.271. The third kappa shape index (κ3) is 5.53. The number of nitrogens with zero attached hydrogens (tertiary/aromatic N) is 1. The summed E-state index contributed by atoms with van der Waals surface area (Å²) in [5, 5.41) is 2.85. The molecule has 1 aliphatic rings. The van der Waals surface area contributed by atoms with Crippen molar-refractivity contribution in [3.05, 3.63) is 54.1 Å². The minimum atomic E-state index is -3.65. The van der Waals surface area contributed by atoms with Gasteiger partial charge in [-0.2, -0.15) is 0 Å². The van der Waals surface area contributed by atoms with Crippen LogP contribution in [0.15, 0.2) is 48.5 Å². The second kappa shape index (κ2) is 9.51. The molecule has 1 saturated carbocycles. The number of aryl methyl sites for hydroxylation is 1. The first kappa shape index (κ1) is 22.2. The quantitative estimate of drug-likeness (QED) is 0.669. The van der Waals surface area contributed by atoms with Gasteiger partial charge in [0.2, 0.25) is 15.9 Å². The average Bonchev–Trinajstić information content (AvgIpc) is 3.19. The van der Waals surface area contributed by atoms with Gasteiger partial charge in [-0.05, 0) is 81.0 Å². The van der Waals surface area contributed by atoms with E-state index in [4.69, 9.17) is 4.74 Å². The van der Waals surface area contributed by atoms with Gasteiger partial charge in [0, 0.05) is 5.69 Å². The number of rotatable bonds is 8. The van der Waals surface area contributed by atoms with Crippen LogP contribution in [0.2, 0.25) is 0 Å². The first-order valence-corrected chi connectivity index (χ1v) is 12.3. The lowest BCUT2D eigenvalue weighted by Gasteiger charge is -2.30. The molecule has 0 aliphatic heterocycles. The zero-order chi connectivity index (χ0) is 21.7. The molecule has 0 aromatic heterocycles. The maximum atomic E-state index is 13.0. The van der Waals surface area contributed by atoms with E-state index in [-0.39, 0.29) is 12.0 Å². The lowest BCUT2D eigenvalue weighted by atomic mass is 10.1. The molecule has 162 valence electrons. The van der Waals surface area contributed by atoms with Crippen LogP contribution in [0.3, 0.4) is 0 Å². The highest BCUT2D eigenvalue weighted by Crippen LogP contribution is 2.26. The van der Waals surface area contributed by atoms with Crippen LogP contribution < -0.4 is 14.4 Å². The van der Waals surface area contributed by atoms with Crippen molar-refractivity contribution in [3.63, 3.8) is 0 Å².